The van der Waals surface area contributed by atoms with Gasteiger partial charge >= 0.3 is 0 Å². The molecule has 0 aliphatic heterocycles. The summed E-state index contributed by atoms with van der Waals surface area (Å²) in [6, 6.07) is 0.329. The van der Waals surface area contributed by atoms with Crippen molar-refractivity contribution in [1.82, 2.24) is 10.3 Å². The Morgan fingerprint density at radius 2 is 2.12 bits per heavy atom. The van der Waals surface area contributed by atoms with Crippen LogP contribution in [0.2, 0.25) is 0 Å². The first kappa shape index (κ1) is 13.6. The molecule has 0 saturated heterocycles. The fraction of sp³-hybridized carbons (Fsp3) is 0.750. The molecule has 0 aromatic carbocycles. The number of aryl methyl sites for hydroxylation is 2. The van der Waals surface area contributed by atoms with Crippen molar-refractivity contribution < 1.29 is 5.11 Å². The van der Waals surface area contributed by atoms with Crippen LogP contribution in [0.4, 0.5) is 0 Å². The highest BCUT2D eigenvalue weighted by molar-refractivity contribution is 7.11. The van der Waals surface area contributed by atoms with Crippen molar-refractivity contribution in [1.29, 1.82) is 0 Å². The van der Waals surface area contributed by atoms with Gasteiger partial charge in [0.1, 0.15) is 0 Å². The highest BCUT2D eigenvalue weighted by atomic mass is 32.1. The van der Waals surface area contributed by atoms with Crippen LogP contribution in [-0.4, -0.2) is 22.7 Å². The molecular weight excluding hydrogens is 220 g/mol. The summed E-state index contributed by atoms with van der Waals surface area (Å²) in [6.45, 7) is 9.10. The Kier molecular flexibility index (Phi) is 5.38. The zero-order valence-electron chi connectivity index (χ0n) is 10.6. The van der Waals surface area contributed by atoms with Gasteiger partial charge in [-0.2, -0.15) is 0 Å². The Morgan fingerprint density at radius 1 is 1.44 bits per heavy atom. The van der Waals surface area contributed by atoms with Crippen LogP contribution in [0, 0.1) is 13.8 Å². The van der Waals surface area contributed by atoms with Crippen molar-refractivity contribution in [2.24, 2.45) is 0 Å². The second-order valence-electron chi connectivity index (χ2n) is 4.21. The van der Waals surface area contributed by atoms with Crippen molar-refractivity contribution in [3.8, 4) is 0 Å². The van der Waals surface area contributed by atoms with Crippen LogP contribution < -0.4 is 5.32 Å². The average Bonchev–Trinajstić information content (AvgIpc) is 2.57. The van der Waals surface area contributed by atoms with Gasteiger partial charge in [0.2, 0.25) is 0 Å². The lowest BCUT2D eigenvalue weighted by molar-refractivity contribution is 0.159. The molecule has 0 aliphatic carbocycles. The summed E-state index contributed by atoms with van der Waals surface area (Å²) < 4.78 is 0. The maximum Gasteiger partial charge on any atom is 0.0900 e. The molecule has 2 unspecified atom stereocenters. The second-order valence-corrected chi connectivity index (χ2v) is 5.44. The van der Waals surface area contributed by atoms with E-state index in [1.54, 1.807) is 11.3 Å². The molecule has 0 bridgehead atoms. The van der Waals surface area contributed by atoms with Crippen LogP contribution in [0.5, 0.6) is 0 Å². The lowest BCUT2D eigenvalue weighted by atomic mass is 10.2. The smallest absolute Gasteiger partial charge is 0.0900 e. The van der Waals surface area contributed by atoms with E-state index in [4.69, 9.17) is 0 Å². The maximum absolute atomic E-state index is 9.45. The lowest BCUT2D eigenvalue weighted by Crippen LogP contribution is -2.23. The van der Waals surface area contributed by atoms with Gasteiger partial charge in [0.15, 0.2) is 0 Å². The van der Waals surface area contributed by atoms with Crippen molar-refractivity contribution >= 4 is 11.3 Å². The van der Waals surface area contributed by atoms with Crippen molar-refractivity contribution in [2.45, 2.75) is 52.7 Å². The lowest BCUT2D eigenvalue weighted by Gasteiger charge is -2.14. The third kappa shape index (κ3) is 3.85. The third-order valence-corrected chi connectivity index (χ3v) is 3.99. The Morgan fingerprint density at radius 3 is 2.62 bits per heavy atom. The molecule has 2 atom stereocenters. The number of hydrogen-bond acceptors (Lipinski definition) is 4. The number of thiazole rings is 1. The molecule has 0 amide bonds. The molecule has 1 aromatic rings. The summed E-state index contributed by atoms with van der Waals surface area (Å²) in [6.07, 6.45) is 1.47. The highest BCUT2D eigenvalue weighted by Crippen LogP contribution is 2.24. The first-order valence-corrected chi connectivity index (χ1v) is 6.71. The van der Waals surface area contributed by atoms with Gasteiger partial charge in [-0.1, -0.05) is 6.92 Å². The number of nitrogens with one attached hydrogen (secondary N) is 1. The Hall–Kier alpha value is -0.450. The van der Waals surface area contributed by atoms with Crippen LogP contribution in [0.1, 0.15) is 48.3 Å². The summed E-state index contributed by atoms with van der Waals surface area (Å²) >= 11 is 1.75. The monoisotopic (exact) mass is 242 g/mol. The molecule has 1 rings (SSSR count). The van der Waals surface area contributed by atoms with Crippen LogP contribution >= 0.6 is 11.3 Å². The number of hydrogen-bond donors (Lipinski definition) is 2. The van der Waals surface area contributed by atoms with Crippen molar-refractivity contribution in [2.75, 3.05) is 6.54 Å². The van der Waals surface area contributed by atoms with E-state index in [-0.39, 0.29) is 6.10 Å². The predicted octanol–water partition coefficient (Wildman–Crippen LogP) is 2.57. The molecule has 2 N–H and O–H groups in total. The molecule has 0 radical (unpaired) electrons. The molecule has 1 aromatic heterocycles. The van der Waals surface area contributed by atoms with Gasteiger partial charge in [0.25, 0.3) is 0 Å². The number of rotatable bonds is 6. The SMILES string of the molecule is CCC(O)CCNC(C)c1sc(C)nc1C. The standard InChI is InChI=1S/C12H22N2OS/c1-5-11(15)6-7-13-8(2)12-9(3)14-10(4)16-12/h8,11,13,15H,5-7H2,1-4H3. The fourth-order valence-electron chi connectivity index (χ4n) is 1.71. The predicted molar refractivity (Wildman–Crippen MR) is 68.9 cm³/mol. The van der Waals surface area contributed by atoms with Gasteiger partial charge in [-0.15, -0.1) is 11.3 Å². The summed E-state index contributed by atoms with van der Waals surface area (Å²) in [5, 5.41) is 14.0. The van der Waals surface area contributed by atoms with Crippen LogP contribution in [-0.2, 0) is 0 Å². The Labute approximate surface area is 102 Å². The normalized spacial score (nSPS) is 15.1. The van der Waals surface area contributed by atoms with E-state index in [0.717, 1.165) is 30.1 Å². The summed E-state index contributed by atoms with van der Waals surface area (Å²) in [5.74, 6) is 0. The molecule has 0 fully saturated rings. The van der Waals surface area contributed by atoms with E-state index in [0.29, 0.717) is 6.04 Å². The third-order valence-electron chi connectivity index (χ3n) is 2.73. The van der Waals surface area contributed by atoms with E-state index in [9.17, 15) is 5.11 Å². The van der Waals surface area contributed by atoms with Gasteiger partial charge in [-0.25, -0.2) is 4.98 Å². The van der Waals surface area contributed by atoms with E-state index in [1.165, 1.54) is 4.88 Å². The molecule has 92 valence electrons. The first-order valence-electron chi connectivity index (χ1n) is 5.90. The van der Waals surface area contributed by atoms with E-state index >= 15 is 0 Å². The molecule has 1 heterocycles. The topological polar surface area (TPSA) is 45.1 Å². The van der Waals surface area contributed by atoms with E-state index in [1.807, 2.05) is 13.8 Å². The largest absolute Gasteiger partial charge is 0.393 e. The van der Waals surface area contributed by atoms with E-state index in [2.05, 4.69) is 24.1 Å². The van der Waals surface area contributed by atoms with Crippen LogP contribution in [0.15, 0.2) is 0 Å². The molecule has 0 aliphatic rings. The Bertz CT molecular complexity index is 325. The molecular formula is C12H22N2OS. The van der Waals surface area contributed by atoms with Crippen LogP contribution in [0.3, 0.4) is 0 Å². The van der Waals surface area contributed by atoms with Crippen molar-refractivity contribution in [3.63, 3.8) is 0 Å². The highest BCUT2D eigenvalue weighted by Gasteiger charge is 2.12. The van der Waals surface area contributed by atoms with Crippen molar-refractivity contribution in [3.05, 3.63) is 15.6 Å². The van der Waals surface area contributed by atoms with Gasteiger partial charge in [-0.05, 0) is 40.2 Å². The second kappa shape index (κ2) is 6.33. The van der Waals surface area contributed by atoms with Gasteiger partial charge in [0, 0.05) is 10.9 Å². The first-order chi connectivity index (χ1) is 7.54. The summed E-state index contributed by atoms with van der Waals surface area (Å²) in [5.41, 5.74) is 1.12. The number of aromatic nitrogens is 1. The number of aliphatic hydroxyl groups is 1. The minimum absolute atomic E-state index is 0.177. The molecule has 16 heavy (non-hydrogen) atoms. The fourth-order valence-corrected chi connectivity index (χ4v) is 2.67. The minimum Gasteiger partial charge on any atom is -0.393 e. The molecule has 4 heteroatoms. The van der Waals surface area contributed by atoms with Gasteiger partial charge < -0.3 is 10.4 Å². The maximum atomic E-state index is 9.45. The van der Waals surface area contributed by atoms with Gasteiger partial charge in [-0.3, -0.25) is 0 Å². The molecule has 0 spiro atoms. The number of nitrogens with zero attached hydrogens (tertiary/aromatic N) is 1. The number of aliphatic hydroxyl groups excluding tert-OH is 1. The average molecular weight is 242 g/mol. The molecule has 0 saturated carbocycles. The minimum atomic E-state index is -0.177. The summed E-state index contributed by atoms with van der Waals surface area (Å²) in [7, 11) is 0. The Balaban J connectivity index is 2.40. The van der Waals surface area contributed by atoms with Gasteiger partial charge in [0.05, 0.1) is 16.8 Å². The molecule has 3 nitrogen and oxygen atoms in total. The zero-order valence-corrected chi connectivity index (χ0v) is 11.4. The quantitative estimate of drug-likeness (QED) is 0.806. The van der Waals surface area contributed by atoms with E-state index < -0.39 is 0 Å². The zero-order chi connectivity index (χ0) is 12.1. The van der Waals surface area contributed by atoms with Crippen LogP contribution in [0.25, 0.3) is 0 Å². The summed E-state index contributed by atoms with van der Waals surface area (Å²) in [4.78, 5) is 5.73.